The van der Waals surface area contributed by atoms with Crippen LogP contribution >= 0.6 is 0 Å². The van der Waals surface area contributed by atoms with Crippen LogP contribution in [-0.4, -0.2) is 33.0 Å². The summed E-state index contributed by atoms with van der Waals surface area (Å²) in [5.41, 5.74) is 6.39. The normalized spacial score (nSPS) is 13.9. The largest absolute Gasteiger partial charge is 0.493 e. The van der Waals surface area contributed by atoms with Crippen LogP contribution in [0.15, 0.2) is 23.9 Å². The Labute approximate surface area is 134 Å². The molecule has 1 aromatic carbocycles. The van der Waals surface area contributed by atoms with E-state index >= 15 is 0 Å². The molecular weight excluding hydrogens is 300 g/mol. The average Bonchev–Trinajstić information content (AvgIpc) is 2.58. The Bertz CT molecular complexity index is 614. The third-order valence-corrected chi connectivity index (χ3v) is 3.47. The number of allylic oxidation sites excluding steroid dienone is 2. The Morgan fingerprint density at radius 1 is 1.04 bits per heavy atom. The molecular formula is C16H20N2O5. The molecule has 0 bridgehead atoms. The maximum atomic E-state index is 12.3. The molecule has 0 saturated heterocycles. The van der Waals surface area contributed by atoms with Gasteiger partial charge in [-0.1, -0.05) is 0 Å². The maximum absolute atomic E-state index is 12.3. The lowest BCUT2D eigenvalue weighted by molar-refractivity contribution is -0.115. The van der Waals surface area contributed by atoms with Crippen LogP contribution in [0.4, 0.5) is 0 Å². The second kappa shape index (κ2) is 7.53. The van der Waals surface area contributed by atoms with E-state index in [4.69, 9.17) is 14.2 Å². The lowest BCUT2D eigenvalue weighted by atomic mass is 10.0. The molecule has 23 heavy (non-hydrogen) atoms. The van der Waals surface area contributed by atoms with E-state index in [9.17, 15) is 9.59 Å². The van der Waals surface area contributed by atoms with E-state index in [0.29, 0.717) is 34.9 Å². The van der Waals surface area contributed by atoms with Gasteiger partial charge >= 0.3 is 0 Å². The molecule has 0 atom stereocenters. The smallest absolute Gasteiger partial charge is 0.269 e. The number of ether oxygens (including phenoxy) is 3. The minimum absolute atomic E-state index is 0.0563. The van der Waals surface area contributed by atoms with Gasteiger partial charge in [-0.3, -0.25) is 15.0 Å². The Morgan fingerprint density at radius 2 is 1.70 bits per heavy atom. The average molecular weight is 320 g/mol. The topological polar surface area (TPSA) is 85.9 Å². The van der Waals surface area contributed by atoms with Crippen LogP contribution in [0, 0.1) is 0 Å². The van der Waals surface area contributed by atoms with Gasteiger partial charge in [-0.2, -0.15) is 0 Å². The van der Waals surface area contributed by atoms with Gasteiger partial charge in [-0.25, -0.2) is 0 Å². The van der Waals surface area contributed by atoms with Crippen LogP contribution in [0.2, 0.25) is 0 Å². The first-order valence-corrected chi connectivity index (χ1v) is 7.18. The van der Waals surface area contributed by atoms with Crippen LogP contribution in [0.5, 0.6) is 17.2 Å². The van der Waals surface area contributed by atoms with Crippen LogP contribution in [0.25, 0.3) is 0 Å². The number of carbonyl (C=O) groups excluding carboxylic acids is 2. The summed E-state index contributed by atoms with van der Waals surface area (Å²) in [4.78, 5) is 23.6. The van der Waals surface area contributed by atoms with Crippen molar-refractivity contribution in [3.05, 3.63) is 29.5 Å². The highest BCUT2D eigenvalue weighted by atomic mass is 16.5. The van der Waals surface area contributed by atoms with Crippen molar-refractivity contribution >= 4 is 11.7 Å². The molecule has 1 amide bonds. The summed E-state index contributed by atoms with van der Waals surface area (Å²) < 4.78 is 15.6. The molecule has 7 nitrogen and oxygen atoms in total. The lowest BCUT2D eigenvalue weighted by Gasteiger charge is -2.16. The van der Waals surface area contributed by atoms with E-state index in [0.717, 1.165) is 12.8 Å². The number of hydrogen-bond donors (Lipinski definition) is 2. The number of benzene rings is 1. The molecule has 124 valence electrons. The Morgan fingerprint density at radius 3 is 2.22 bits per heavy atom. The van der Waals surface area contributed by atoms with Crippen molar-refractivity contribution in [2.45, 2.75) is 19.3 Å². The van der Waals surface area contributed by atoms with Crippen molar-refractivity contribution in [3.63, 3.8) is 0 Å². The van der Waals surface area contributed by atoms with Gasteiger partial charge in [0.1, 0.15) is 0 Å². The van der Waals surface area contributed by atoms with Crippen LogP contribution in [-0.2, 0) is 4.79 Å². The summed E-state index contributed by atoms with van der Waals surface area (Å²) in [6.07, 6.45) is 3.56. The molecule has 0 fully saturated rings. The van der Waals surface area contributed by atoms with E-state index in [-0.39, 0.29) is 11.7 Å². The maximum Gasteiger partial charge on any atom is 0.269 e. The fourth-order valence-electron chi connectivity index (χ4n) is 2.31. The molecule has 0 spiro atoms. The zero-order chi connectivity index (χ0) is 16.8. The number of hydrazine groups is 1. The van der Waals surface area contributed by atoms with Gasteiger partial charge in [-0.05, 0) is 25.0 Å². The number of methoxy groups -OCH3 is 3. The fourth-order valence-corrected chi connectivity index (χ4v) is 2.31. The predicted octanol–water partition coefficient (Wildman–Crippen LogP) is 1.58. The second-order valence-electron chi connectivity index (χ2n) is 4.98. The molecule has 2 N–H and O–H groups in total. The third kappa shape index (κ3) is 3.94. The quantitative estimate of drug-likeness (QED) is 0.774. The summed E-state index contributed by atoms with van der Waals surface area (Å²) in [6, 6.07) is 3.11. The van der Waals surface area contributed by atoms with E-state index in [1.165, 1.54) is 27.4 Å². The highest BCUT2D eigenvalue weighted by Gasteiger charge is 2.17. The minimum Gasteiger partial charge on any atom is -0.493 e. The van der Waals surface area contributed by atoms with Crippen molar-refractivity contribution in [1.29, 1.82) is 0 Å². The van der Waals surface area contributed by atoms with Gasteiger partial charge in [0.2, 0.25) is 5.75 Å². The van der Waals surface area contributed by atoms with Crippen LogP contribution in [0.3, 0.4) is 0 Å². The summed E-state index contributed by atoms with van der Waals surface area (Å²) in [5.74, 6) is 0.886. The van der Waals surface area contributed by atoms with Crippen molar-refractivity contribution in [2.24, 2.45) is 0 Å². The lowest BCUT2D eigenvalue weighted by Crippen LogP contribution is -2.37. The number of carbonyl (C=O) groups is 2. The number of amides is 1. The number of rotatable bonds is 6. The van der Waals surface area contributed by atoms with E-state index < -0.39 is 0 Å². The molecule has 0 saturated carbocycles. The van der Waals surface area contributed by atoms with E-state index in [2.05, 4.69) is 10.9 Å². The second-order valence-corrected chi connectivity index (χ2v) is 4.98. The van der Waals surface area contributed by atoms with E-state index in [1.807, 2.05) is 0 Å². The highest BCUT2D eigenvalue weighted by molar-refractivity contribution is 5.95. The predicted molar refractivity (Wildman–Crippen MR) is 83.6 cm³/mol. The summed E-state index contributed by atoms with van der Waals surface area (Å²) in [6.45, 7) is 0. The number of ketones is 1. The summed E-state index contributed by atoms with van der Waals surface area (Å²) >= 11 is 0. The minimum atomic E-state index is -0.372. The van der Waals surface area contributed by atoms with Crippen LogP contribution < -0.4 is 25.1 Å². The zero-order valence-corrected chi connectivity index (χ0v) is 13.4. The molecule has 0 aromatic heterocycles. The standard InChI is InChI=1S/C16H20N2O5/c1-21-13-7-10(8-14(22-2)15(13)23-3)16(20)18-17-11-5-4-6-12(19)9-11/h7-9,17H,4-6H2,1-3H3,(H,18,20). The Balaban J connectivity index is 2.14. The fraction of sp³-hybridized carbons (Fsp3) is 0.375. The molecule has 1 aliphatic carbocycles. The van der Waals surface area contributed by atoms with Gasteiger partial charge in [0, 0.05) is 23.8 Å². The molecule has 1 aliphatic rings. The molecule has 0 heterocycles. The molecule has 0 aliphatic heterocycles. The summed E-state index contributed by atoms with van der Waals surface area (Å²) in [5, 5.41) is 0. The first-order valence-electron chi connectivity index (χ1n) is 7.18. The van der Waals surface area contributed by atoms with Crippen molar-refractivity contribution < 1.29 is 23.8 Å². The highest BCUT2D eigenvalue weighted by Crippen LogP contribution is 2.38. The SMILES string of the molecule is COc1cc(C(=O)NNC2=CC(=O)CCC2)cc(OC)c1OC. The monoisotopic (exact) mass is 320 g/mol. The van der Waals surface area contributed by atoms with Gasteiger partial charge in [-0.15, -0.1) is 0 Å². The van der Waals surface area contributed by atoms with Crippen molar-refractivity contribution in [1.82, 2.24) is 10.9 Å². The van der Waals surface area contributed by atoms with Gasteiger partial charge in [0.05, 0.1) is 21.3 Å². The molecule has 0 radical (unpaired) electrons. The molecule has 0 unspecified atom stereocenters. The van der Waals surface area contributed by atoms with Gasteiger partial charge in [0.25, 0.3) is 5.91 Å². The first-order chi connectivity index (χ1) is 11.1. The van der Waals surface area contributed by atoms with Crippen molar-refractivity contribution in [2.75, 3.05) is 21.3 Å². The Hall–Kier alpha value is -2.70. The van der Waals surface area contributed by atoms with Crippen LogP contribution in [0.1, 0.15) is 29.6 Å². The van der Waals surface area contributed by atoms with Gasteiger partial charge < -0.3 is 19.6 Å². The number of hydrogen-bond acceptors (Lipinski definition) is 6. The molecule has 2 rings (SSSR count). The number of nitrogens with one attached hydrogen (secondary N) is 2. The van der Waals surface area contributed by atoms with Gasteiger partial charge in [0.15, 0.2) is 17.3 Å². The Kier molecular flexibility index (Phi) is 5.46. The molecule has 1 aromatic rings. The third-order valence-electron chi connectivity index (χ3n) is 3.47. The first kappa shape index (κ1) is 16.7. The van der Waals surface area contributed by atoms with E-state index in [1.54, 1.807) is 12.1 Å². The van der Waals surface area contributed by atoms with Crippen molar-refractivity contribution in [3.8, 4) is 17.2 Å². The zero-order valence-electron chi connectivity index (χ0n) is 13.4. The summed E-state index contributed by atoms with van der Waals surface area (Å²) in [7, 11) is 4.46. The molecule has 7 heteroatoms.